The summed E-state index contributed by atoms with van der Waals surface area (Å²) in [7, 11) is 0. The van der Waals surface area contributed by atoms with Crippen LogP contribution in [0, 0.1) is 0 Å². The lowest BCUT2D eigenvalue weighted by Crippen LogP contribution is -2.63. The van der Waals surface area contributed by atoms with Crippen molar-refractivity contribution in [1.29, 1.82) is 0 Å². The summed E-state index contributed by atoms with van der Waals surface area (Å²) in [4.78, 5) is 16.1. The Morgan fingerprint density at radius 3 is 2.76 bits per heavy atom. The van der Waals surface area contributed by atoms with Crippen molar-refractivity contribution < 1.29 is 9.28 Å². The number of hydrogen-bond donors (Lipinski definition) is 1. The number of rotatable bonds is 9. The lowest BCUT2D eigenvalue weighted by atomic mass is 10.1. The molecule has 1 N–H and O–H groups in total. The van der Waals surface area contributed by atoms with Crippen LogP contribution in [0.2, 0.25) is 0 Å². The highest BCUT2D eigenvalue weighted by atomic mass is 16.1. The summed E-state index contributed by atoms with van der Waals surface area (Å²) in [5.74, 6) is 0.0431. The average Bonchev–Trinajstić information content (AvgIpc) is 2.86. The van der Waals surface area contributed by atoms with Crippen molar-refractivity contribution in [3.63, 3.8) is 0 Å². The van der Waals surface area contributed by atoms with Crippen LogP contribution in [0.25, 0.3) is 0 Å². The number of allylic oxidation sites excluding steroid dienone is 2. The summed E-state index contributed by atoms with van der Waals surface area (Å²) in [6.07, 6.45) is 12.8. The fourth-order valence-electron chi connectivity index (χ4n) is 3.18. The smallest absolute Gasteiger partial charge is 0.221 e. The highest BCUT2D eigenvalue weighted by molar-refractivity contribution is 5.73. The molecule has 0 saturated heterocycles. The number of quaternary nitrogens is 1. The van der Waals surface area contributed by atoms with Gasteiger partial charge in [-0.15, -0.1) is 0 Å². The van der Waals surface area contributed by atoms with Crippen LogP contribution >= 0.6 is 0 Å². The number of unbranched alkanes of at least 4 members (excludes halogenated alkanes) is 2. The van der Waals surface area contributed by atoms with E-state index in [1.807, 2.05) is 6.21 Å². The van der Waals surface area contributed by atoms with E-state index in [9.17, 15) is 4.79 Å². The van der Waals surface area contributed by atoms with Gasteiger partial charge in [-0.05, 0) is 26.2 Å². The molecule has 1 rings (SSSR count). The molecule has 0 aromatic rings. The van der Waals surface area contributed by atoms with Gasteiger partial charge in [0.2, 0.25) is 5.91 Å². The van der Waals surface area contributed by atoms with Crippen molar-refractivity contribution in [2.24, 2.45) is 4.99 Å². The molecule has 0 saturated carbocycles. The zero-order chi connectivity index (χ0) is 15.7. The van der Waals surface area contributed by atoms with Crippen LogP contribution in [-0.2, 0) is 4.79 Å². The number of hydrogen-bond acceptors (Lipinski definition) is 2. The monoisotopic (exact) mass is 294 g/mol. The fourth-order valence-corrected chi connectivity index (χ4v) is 3.18. The molecule has 0 radical (unpaired) electrons. The van der Waals surface area contributed by atoms with Crippen molar-refractivity contribution >= 4 is 12.1 Å². The Balaban J connectivity index is 2.54. The zero-order valence-electron chi connectivity index (χ0n) is 14.1. The number of nitrogens with one attached hydrogen (secondary N) is 1. The molecule has 1 aliphatic rings. The number of aliphatic imine (C=N–C) groups is 1. The van der Waals surface area contributed by atoms with E-state index in [1.54, 1.807) is 6.92 Å². The first-order valence-corrected chi connectivity index (χ1v) is 8.37. The minimum Gasteiger partial charge on any atom is -0.307 e. The highest BCUT2D eigenvalue weighted by Gasteiger charge is 2.42. The molecule has 0 fully saturated rings. The summed E-state index contributed by atoms with van der Waals surface area (Å²) >= 11 is 0. The lowest BCUT2D eigenvalue weighted by molar-refractivity contribution is -0.959. The van der Waals surface area contributed by atoms with Crippen LogP contribution < -0.4 is 5.32 Å². The normalized spacial score (nSPS) is 26.4. The standard InChI is InChI=1S/C17H31N3O/c1-5-7-8-9-10-11-12-17-18-13-14-20(17,6-2)15(3)19-16(4)21/h8-9,13,15,17H,5-7,10-12,14H2,1-4H3/p+1/b9-8+. The predicted molar refractivity (Wildman–Crippen MR) is 89.1 cm³/mol. The molecule has 1 aliphatic heterocycles. The van der Waals surface area contributed by atoms with E-state index in [0.717, 1.165) is 36.8 Å². The van der Waals surface area contributed by atoms with Crippen molar-refractivity contribution in [3.8, 4) is 0 Å². The number of nitrogens with zero attached hydrogens (tertiary/aromatic N) is 2. The second kappa shape index (κ2) is 8.98. The summed E-state index contributed by atoms with van der Waals surface area (Å²) in [6.45, 7) is 10.0. The summed E-state index contributed by atoms with van der Waals surface area (Å²) in [5.41, 5.74) is 0. The Hall–Kier alpha value is -1.16. The Kier molecular flexibility index (Phi) is 7.65. The second-order valence-corrected chi connectivity index (χ2v) is 5.98. The zero-order valence-corrected chi connectivity index (χ0v) is 14.1. The topological polar surface area (TPSA) is 41.5 Å². The Labute approximate surface area is 129 Å². The summed E-state index contributed by atoms with van der Waals surface area (Å²) in [6, 6.07) is 0. The Morgan fingerprint density at radius 2 is 2.14 bits per heavy atom. The van der Waals surface area contributed by atoms with Crippen LogP contribution in [0.3, 0.4) is 0 Å². The van der Waals surface area contributed by atoms with Gasteiger partial charge in [-0.2, -0.15) is 0 Å². The van der Waals surface area contributed by atoms with Crippen molar-refractivity contribution in [3.05, 3.63) is 12.2 Å². The van der Waals surface area contributed by atoms with Gasteiger partial charge in [0.05, 0.1) is 12.8 Å². The average molecular weight is 294 g/mol. The Morgan fingerprint density at radius 1 is 1.43 bits per heavy atom. The van der Waals surface area contributed by atoms with E-state index in [4.69, 9.17) is 4.99 Å². The quantitative estimate of drug-likeness (QED) is 0.396. The molecule has 0 spiro atoms. The van der Waals surface area contributed by atoms with Crippen LogP contribution in [0.4, 0.5) is 0 Å². The van der Waals surface area contributed by atoms with E-state index >= 15 is 0 Å². The van der Waals surface area contributed by atoms with Crippen LogP contribution in [0.15, 0.2) is 17.1 Å². The molecule has 3 unspecified atom stereocenters. The molecular formula is C17H32N3O+. The highest BCUT2D eigenvalue weighted by Crippen LogP contribution is 2.26. The van der Waals surface area contributed by atoms with Gasteiger partial charge in [0, 0.05) is 20.3 Å². The maximum absolute atomic E-state index is 11.4. The fraction of sp³-hybridized carbons (Fsp3) is 0.765. The number of amides is 1. The van der Waals surface area contributed by atoms with Gasteiger partial charge in [-0.1, -0.05) is 25.5 Å². The first-order valence-electron chi connectivity index (χ1n) is 8.37. The van der Waals surface area contributed by atoms with Crippen molar-refractivity contribution in [1.82, 2.24) is 5.32 Å². The van der Waals surface area contributed by atoms with Gasteiger partial charge in [-0.25, -0.2) is 4.99 Å². The molecule has 3 atom stereocenters. The van der Waals surface area contributed by atoms with E-state index in [0.29, 0.717) is 0 Å². The molecule has 1 amide bonds. The van der Waals surface area contributed by atoms with Crippen LogP contribution in [0.5, 0.6) is 0 Å². The van der Waals surface area contributed by atoms with Crippen LogP contribution in [0.1, 0.15) is 59.8 Å². The third-order valence-electron chi connectivity index (χ3n) is 4.52. The van der Waals surface area contributed by atoms with Gasteiger partial charge in [0.15, 0.2) is 12.3 Å². The van der Waals surface area contributed by atoms with Crippen molar-refractivity contribution in [2.75, 3.05) is 13.1 Å². The van der Waals surface area contributed by atoms with E-state index in [1.165, 1.54) is 12.8 Å². The SMILES string of the molecule is CCC/C=C/CCCC1N=CC[N+]1(CC)C(C)NC(C)=O. The molecule has 0 bridgehead atoms. The molecule has 1 heterocycles. The largest absolute Gasteiger partial charge is 0.307 e. The lowest BCUT2D eigenvalue weighted by Gasteiger charge is -2.42. The van der Waals surface area contributed by atoms with Gasteiger partial charge in [0.1, 0.15) is 6.54 Å². The second-order valence-electron chi connectivity index (χ2n) is 5.98. The van der Waals surface area contributed by atoms with Gasteiger partial charge < -0.3 is 5.32 Å². The molecule has 0 aromatic heterocycles. The molecule has 0 aliphatic carbocycles. The minimum absolute atomic E-state index is 0.0431. The first-order chi connectivity index (χ1) is 10.1. The summed E-state index contributed by atoms with van der Waals surface area (Å²) in [5, 5.41) is 3.06. The minimum atomic E-state index is 0.0431. The van der Waals surface area contributed by atoms with E-state index in [2.05, 4.69) is 38.2 Å². The molecule has 4 heteroatoms. The van der Waals surface area contributed by atoms with Gasteiger partial charge >= 0.3 is 0 Å². The molecular weight excluding hydrogens is 262 g/mol. The maximum Gasteiger partial charge on any atom is 0.221 e. The third kappa shape index (κ3) is 4.95. The van der Waals surface area contributed by atoms with Gasteiger partial charge in [0.25, 0.3) is 0 Å². The first kappa shape index (κ1) is 17.9. The number of carbonyl (C=O) groups excluding carboxylic acids is 1. The van der Waals surface area contributed by atoms with Gasteiger partial charge in [-0.3, -0.25) is 9.28 Å². The number of carbonyl (C=O) groups is 1. The predicted octanol–water partition coefficient (Wildman–Crippen LogP) is 3.24. The van der Waals surface area contributed by atoms with E-state index in [-0.39, 0.29) is 18.2 Å². The molecule has 21 heavy (non-hydrogen) atoms. The summed E-state index contributed by atoms with van der Waals surface area (Å²) < 4.78 is 0.859. The van der Waals surface area contributed by atoms with E-state index < -0.39 is 0 Å². The Bertz CT molecular complexity index is 378. The third-order valence-corrected chi connectivity index (χ3v) is 4.52. The van der Waals surface area contributed by atoms with Crippen molar-refractivity contribution in [2.45, 2.75) is 72.1 Å². The molecule has 4 nitrogen and oxygen atoms in total. The molecule has 0 aromatic carbocycles. The molecule has 120 valence electrons. The van der Waals surface area contributed by atoms with Crippen LogP contribution in [-0.4, -0.2) is 42.0 Å². The maximum atomic E-state index is 11.4.